The zero-order chi connectivity index (χ0) is 14.7. The maximum absolute atomic E-state index is 9.18. The Morgan fingerprint density at radius 3 is 2.95 bits per heavy atom. The molecule has 1 unspecified atom stereocenters. The Hall–Kier alpha value is -1.90. The number of benzene rings is 1. The molecule has 0 saturated carbocycles. The Morgan fingerprint density at radius 2 is 2.24 bits per heavy atom. The van der Waals surface area contributed by atoms with E-state index in [1.54, 1.807) is 11.3 Å². The number of piperazine rings is 1. The summed E-state index contributed by atoms with van der Waals surface area (Å²) in [6.07, 6.45) is 1.86. The average molecular weight is 298 g/mol. The summed E-state index contributed by atoms with van der Waals surface area (Å²) in [6.45, 7) is 6.08. The third-order valence-electron chi connectivity index (χ3n) is 3.91. The molecule has 0 amide bonds. The molecule has 0 aliphatic carbocycles. The lowest BCUT2D eigenvalue weighted by Gasteiger charge is -2.39. The molecule has 1 aromatic heterocycles. The normalized spacial score (nSPS) is 19.4. The maximum Gasteiger partial charge on any atom is 0.185 e. The molecule has 0 bridgehead atoms. The van der Waals surface area contributed by atoms with Crippen molar-refractivity contribution in [3.8, 4) is 6.07 Å². The number of hydrogen-bond acceptors (Lipinski definition) is 5. The summed E-state index contributed by atoms with van der Waals surface area (Å²) < 4.78 is 0. The minimum Gasteiger partial charge on any atom is -0.343 e. The summed E-state index contributed by atoms with van der Waals surface area (Å²) in [5.41, 5.74) is 1.91. The maximum atomic E-state index is 9.18. The van der Waals surface area contributed by atoms with Gasteiger partial charge >= 0.3 is 0 Å². The first kappa shape index (κ1) is 14.1. The van der Waals surface area contributed by atoms with Gasteiger partial charge in [-0.25, -0.2) is 4.98 Å². The number of thiazole rings is 1. The second-order valence-corrected chi connectivity index (χ2v) is 6.23. The van der Waals surface area contributed by atoms with Crippen molar-refractivity contribution in [3.63, 3.8) is 0 Å². The summed E-state index contributed by atoms with van der Waals surface area (Å²) in [4.78, 5) is 9.20. The van der Waals surface area contributed by atoms with Gasteiger partial charge in [0.05, 0.1) is 11.6 Å². The fourth-order valence-corrected chi connectivity index (χ4v) is 3.60. The second kappa shape index (κ2) is 6.25. The van der Waals surface area contributed by atoms with Crippen LogP contribution in [0.5, 0.6) is 0 Å². The first-order valence-electron chi connectivity index (χ1n) is 7.14. The standard InChI is InChI=1S/C16H18N4S/c1-13-11-19(7-8-20(13)16-18-6-9-21-16)12-15-5-3-2-4-14(15)10-17/h2-6,9,13H,7-8,11-12H2,1H3. The number of nitriles is 1. The van der Waals surface area contributed by atoms with Gasteiger partial charge in [0, 0.05) is 43.8 Å². The lowest BCUT2D eigenvalue weighted by atomic mass is 10.1. The highest BCUT2D eigenvalue weighted by Crippen LogP contribution is 2.23. The van der Waals surface area contributed by atoms with E-state index >= 15 is 0 Å². The minimum absolute atomic E-state index is 0.444. The van der Waals surface area contributed by atoms with Crippen molar-refractivity contribution in [2.24, 2.45) is 0 Å². The number of rotatable bonds is 3. The minimum atomic E-state index is 0.444. The molecular weight excluding hydrogens is 280 g/mol. The summed E-state index contributed by atoms with van der Waals surface area (Å²) in [5.74, 6) is 0. The summed E-state index contributed by atoms with van der Waals surface area (Å²) in [6, 6.07) is 10.6. The topological polar surface area (TPSA) is 43.2 Å². The predicted octanol–water partition coefficient (Wildman–Crippen LogP) is 2.73. The molecule has 1 saturated heterocycles. The molecule has 0 N–H and O–H groups in total. The van der Waals surface area contributed by atoms with E-state index in [0.717, 1.165) is 42.4 Å². The van der Waals surface area contributed by atoms with E-state index in [0.29, 0.717) is 6.04 Å². The van der Waals surface area contributed by atoms with Crippen LogP contribution in [-0.2, 0) is 6.54 Å². The van der Waals surface area contributed by atoms with Gasteiger partial charge in [-0.1, -0.05) is 18.2 Å². The van der Waals surface area contributed by atoms with Gasteiger partial charge in [-0.2, -0.15) is 5.26 Å². The van der Waals surface area contributed by atoms with Crippen molar-refractivity contribution >= 4 is 16.5 Å². The van der Waals surface area contributed by atoms with Gasteiger partial charge in [0.25, 0.3) is 0 Å². The lowest BCUT2D eigenvalue weighted by Crippen LogP contribution is -2.51. The van der Waals surface area contributed by atoms with E-state index in [-0.39, 0.29) is 0 Å². The van der Waals surface area contributed by atoms with Gasteiger partial charge in [-0.05, 0) is 18.6 Å². The fourth-order valence-electron chi connectivity index (χ4n) is 2.83. The molecule has 2 heterocycles. The highest BCUT2D eigenvalue weighted by Gasteiger charge is 2.25. The number of anilines is 1. The van der Waals surface area contributed by atoms with Crippen LogP contribution in [0.1, 0.15) is 18.1 Å². The molecule has 5 heteroatoms. The molecule has 2 aromatic rings. The van der Waals surface area contributed by atoms with Gasteiger partial charge < -0.3 is 4.90 Å². The summed E-state index contributed by atoms with van der Waals surface area (Å²) in [5, 5.41) is 12.3. The quantitative estimate of drug-likeness (QED) is 0.874. The zero-order valence-electron chi connectivity index (χ0n) is 12.1. The van der Waals surface area contributed by atoms with E-state index < -0.39 is 0 Å². The molecule has 108 valence electrons. The van der Waals surface area contributed by atoms with Crippen molar-refractivity contribution in [3.05, 3.63) is 47.0 Å². The molecular formula is C16H18N4S. The molecule has 1 aliphatic rings. The fraction of sp³-hybridized carbons (Fsp3) is 0.375. The third kappa shape index (κ3) is 3.07. The number of nitrogens with zero attached hydrogens (tertiary/aromatic N) is 4. The van der Waals surface area contributed by atoms with Gasteiger partial charge in [-0.15, -0.1) is 11.3 Å². The Kier molecular flexibility index (Phi) is 4.18. The Bertz CT molecular complexity index is 632. The van der Waals surface area contributed by atoms with Crippen LogP contribution in [0.15, 0.2) is 35.8 Å². The van der Waals surface area contributed by atoms with Crippen LogP contribution < -0.4 is 4.90 Å². The van der Waals surface area contributed by atoms with E-state index in [2.05, 4.69) is 33.8 Å². The molecule has 4 nitrogen and oxygen atoms in total. The molecule has 1 fully saturated rings. The average Bonchev–Trinajstić information content (AvgIpc) is 3.02. The molecule has 3 rings (SSSR count). The van der Waals surface area contributed by atoms with Crippen LogP contribution in [0.3, 0.4) is 0 Å². The first-order chi connectivity index (χ1) is 10.3. The Morgan fingerprint density at radius 1 is 1.38 bits per heavy atom. The second-order valence-electron chi connectivity index (χ2n) is 5.36. The predicted molar refractivity (Wildman–Crippen MR) is 85.4 cm³/mol. The molecule has 1 atom stereocenters. The largest absolute Gasteiger partial charge is 0.343 e. The van der Waals surface area contributed by atoms with Crippen molar-refractivity contribution < 1.29 is 0 Å². The van der Waals surface area contributed by atoms with Crippen LogP contribution in [0.4, 0.5) is 5.13 Å². The highest BCUT2D eigenvalue weighted by atomic mass is 32.1. The van der Waals surface area contributed by atoms with Crippen molar-refractivity contribution in [2.45, 2.75) is 19.5 Å². The lowest BCUT2D eigenvalue weighted by molar-refractivity contribution is 0.221. The smallest absolute Gasteiger partial charge is 0.185 e. The monoisotopic (exact) mass is 298 g/mol. The zero-order valence-corrected chi connectivity index (χ0v) is 12.9. The summed E-state index contributed by atoms with van der Waals surface area (Å²) in [7, 11) is 0. The molecule has 1 aliphatic heterocycles. The van der Waals surface area contributed by atoms with Crippen LogP contribution >= 0.6 is 11.3 Å². The van der Waals surface area contributed by atoms with E-state index in [1.165, 1.54) is 0 Å². The molecule has 1 aromatic carbocycles. The van der Waals surface area contributed by atoms with Gasteiger partial charge in [0.15, 0.2) is 5.13 Å². The third-order valence-corrected chi connectivity index (χ3v) is 4.72. The van der Waals surface area contributed by atoms with Crippen LogP contribution in [0, 0.1) is 11.3 Å². The van der Waals surface area contributed by atoms with Crippen LogP contribution in [0.25, 0.3) is 0 Å². The van der Waals surface area contributed by atoms with Gasteiger partial charge in [0.2, 0.25) is 0 Å². The van der Waals surface area contributed by atoms with Gasteiger partial charge in [-0.3, -0.25) is 4.90 Å². The van der Waals surface area contributed by atoms with Crippen LogP contribution in [-0.4, -0.2) is 35.6 Å². The Balaban J connectivity index is 1.66. The summed E-state index contributed by atoms with van der Waals surface area (Å²) >= 11 is 1.70. The van der Waals surface area contributed by atoms with E-state index in [9.17, 15) is 5.26 Å². The van der Waals surface area contributed by atoms with Crippen LogP contribution in [0.2, 0.25) is 0 Å². The number of hydrogen-bond donors (Lipinski definition) is 0. The Labute approximate surface area is 129 Å². The molecule has 0 radical (unpaired) electrons. The molecule has 21 heavy (non-hydrogen) atoms. The van der Waals surface area contributed by atoms with E-state index in [1.807, 2.05) is 29.8 Å². The van der Waals surface area contributed by atoms with E-state index in [4.69, 9.17) is 0 Å². The number of aromatic nitrogens is 1. The first-order valence-corrected chi connectivity index (χ1v) is 8.02. The van der Waals surface area contributed by atoms with Crippen molar-refractivity contribution in [2.75, 3.05) is 24.5 Å². The van der Waals surface area contributed by atoms with Crippen molar-refractivity contribution in [1.29, 1.82) is 5.26 Å². The SMILES string of the molecule is CC1CN(Cc2ccccc2C#N)CCN1c1nccs1. The molecule has 0 spiro atoms. The highest BCUT2D eigenvalue weighted by molar-refractivity contribution is 7.13. The van der Waals surface area contributed by atoms with Crippen molar-refractivity contribution in [1.82, 2.24) is 9.88 Å². The van der Waals surface area contributed by atoms with Gasteiger partial charge in [0.1, 0.15) is 0 Å².